The molecule has 1 aliphatic rings. The van der Waals surface area contributed by atoms with Crippen LogP contribution in [0.15, 0.2) is 56.3 Å². The molecule has 3 heterocycles. The molecule has 1 amide bonds. The Labute approximate surface area is 181 Å². The lowest BCUT2D eigenvalue weighted by Crippen LogP contribution is -2.28. The Morgan fingerprint density at radius 3 is 2.48 bits per heavy atom. The topological polar surface area (TPSA) is 82.1 Å². The molecule has 8 heteroatoms. The van der Waals surface area contributed by atoms with Crippen molar-refractivity contribution in [2.75, 3.05) is 24.9 Å². The number of furan rings is 1. The van der Waals surface area contributed by atoms with Crippen molar-refractivity contribution in [1.29, 1.82) is 0 Å². The van der Waals surface area contributed by atoms with Gasteiger partial charge in [0, 0.05) is 11.8 Å². The van der Waals surface area contributed by atoms with E-state index in [0.29, 0.717) is 28.2 Å². The highest BCUT2D eigenvalue weighted by Gasteiger charge is 2.37. The Bertz CT molecular complexity index is 1370. The molecular formula is C23H19NO6S. The molecule has 0 aliphatic carbocycles. The number of nitrogens with zero attached hydrogens (tertiary/aromatic N) is 1. The van der Waals surface area contributed by atoms with Crippen molar-refractivity contribution < 1.29 is 23.1 Å². The van der Waals surface area contributed by atoms with Gasteiger partial charge in [-0.2, -0.15) is 0 Å². The minimum Gasteiger partial charge on any atom is -0.495 e. The summed E-state index contributed by atoms with van der Waals surface area (Å²) in [5, 5.41) is 0.419. The number of aryl methyl sites for hydroxylation is 1. The third-order valence-corrected chi connectivity index (χ3v) is 6.52. The number of carbonyl (C=O) groups excluding carboxylic acids is 1. The van der Waals surface area contributed by atoms with E-state index in [2.05, 4.69) is 0 Å². The van der Waals surface area contributed by atoms with Crippen LogP contribution in [-0.2, 0) is 4.79 Å². The molecule has 5 rings (SSSR count). The van der Waals surface area contributed by atoms with E-state index >= 15 is 0 Å². The van der Waals surface area contributed by atoms with Crippen LogP contribution in [0, 0.1) is 6.92 Å². The highest BCUT2D eigenvalue weighted by molar-refractivity contribution is 8.00. The molecule has 2 aromatic carbocycles. The number of hydrogen-bond donors (Lipinski definition) is 0. The first-order valence-corrected chi connectivity index (χ1v) is 10.7. The Hall–Kier alpha value is -3.39. The Kier molecular flexibility index (Phi) is 4.66. The zero-order valence-corrected chi connectivity index (χ0v) is 17.9. The molecule has 1 aliphatic heterocycles. The average molecular weight is 437 g/mol. The number of rotatable bonds is 4. The molecule has 0 saturated carbocycles. The maximum Gasteiger partial charge on any atom is 0.238 e. The Morgan fingerprint density at radius 2 is 1.77 bits per heavy atom. The molecule has 1 unspecified atom stereocenters. The largest absolute Gasteiger partial charge is 0.495 e. The van der Waals surface area contributed by atoms with Gasteiger partial charge in [0.25, 0.3) is 0 Å². The quantitative estimate of drug-likeness (QED) is 0.460. The first kappa shape index (κ1) is 19.6. The zero-order valence-electron chi connectivity index (χ0n) is 17.1. The van der Waals surface area contributed by atoms with Crippen molar-refractivity contribution in [2.45, 2.75) is 12.3 Å². The molecule has 31 heavy (non-hydrogen) atoms. The van der Waals surface area contributed by atoms with Gasteiger partial charge >= 0.3 is 0 Å². The van der Waals surface area contributed by atoms with E-state index in [9.17, 15) is 9.59 Å². The summed E-state index contributed by atoms with van der Waals surface area (Å²) in [4.78, 5) is 27.5. The number of amides is 1. The minimum atomic E-state index is -0.477. The molecule has 1 fully saturated rings. The van der Waals surface area contributed by atoms with Crippen LogP contribution >= 0.6 is 11.8 Å². The van der Waals surface area contributed by atoms with Gasteiger partial charge in [-0.3, -0.25) is 14.5 Å². The van der Waals surface area contributed by atoms with E-state index in [1.165, 1.54) is 38.3 Å². The Morgan fingerprint density at radius 1 is 1.03 bits per heavy atom. The minimum absolute atomic E-state index is 0.0485. The molecule has 1 saturated heterocycles. The number of methoxy groups -OCH3 is 2. The molecule has 0 bridgehead atoms. The van der Waals surface area contributed by atoms with Crippen LogP contribution in [0.2, 0.25) is 0 Å². The number of anilines is 1. The van der Waals surface area contributed by atoms with Gasteiger partial charge in [-0.1, -0.05) is 17.7 Å². The highest BCUT2D eigenvalue weighted by atomic mass is 32.2. The van der Waals surface area contributed by atoms with Crippen LogP contribution in [-0.4, -0.2) is 25.9 Å². The molecule has 0 spiro atoms. The van der Waals surface area contributed by atoms with Gasteiger partial charge in [0.05, 0.1) is 31.6 Å². The SMILES string of the molecule is COc1c2occc2c(OC)c2c(=O)cc(C3SCC(=O)N3c3ccc(C)cc3)oc12. The number of ether oxygens (including phenoxy) is 2. The number of benzene rings is 2. The van der Waals surface area contributed by atoms with E-state index < -0.39 is 5.37 Å². The van der Waals surface area contributed by atoms with Crippen molar-refractivity contribution in [2.24, 2.45) is 0 Å². The van der Waals surface area contributed by atoms with Gasteiger partial charge in [0.2, 0.25) is 11.7 Å². The molecule has 1 atom stereocenters. The number of thioether (sulfide) groups is 1. The van der Waals surface area contributed by atoms with E-state index in [1.807, 2.05) is 31.2 Å². The summed E-state index contributed by atoms with van der Waals surface area (Å²) in [5.41, 5.74) is 2.22. The molecule has 0 N–H and O–H groups in total. The number of carbonyl (C=O) groups is 1. The van der Waals surface area contributed by atoms with Crippen molar-refractivity contribution in [3.8, 4) is 11.5 Å². The third-order valence-electron chi connectivity index (χ3n) is 5.35. The van der Waals surface area contributed by atoms with E-state index in [1.54, 1.807) is 11.0 Å². The van der Waals surface area contributed by atoms with Crippen LogP contribution in [0.1, 0.15) is 16.7 Å². The summed E-state index contributed by atoms with van der Waals surface area (Å²) in [6, 6.07) is 10.8. The lowest BCUT2D eigenvalue weighted by atomic mass is 10.1. The van der Waals surface area contributed by atoms with E-state index in [-0.39, 0.29) is 28.1 Å². The van der Waals surface area contributed by atoms with E-state index in [4.69, 9.17) is 18.3 Å². The second-order valence-corrected chi connectivity index (χ2v) is 8.28. The van der Waals surface area contributed by atoms with Crippen LogP contribution in [0.5, 0.6) is 11.5 Å². The van der Waals surface area contributed by atoms with Crippen LogP contribution in [0.4, 0.5) is 5.69 Å². The second-order valence-electron chi connectivity index (χ2n) is 7.21. The maximum absolute atomic E-state index is 13.2. The maximum atomic E-state index is 13.2. The summed E-state index contributed by atoms with van der Waals surface area (Å²) < 4.78 is 22.9. The normalized spacial score (nSPS) is 16.4. The molecule has 2 aromatic heterocycles. The predicted molar refractivity (Wildman–Crippen MR) is 119 cm³/mol. The van der Waals surface area contributed by atoms with Gasteiger partial charge in [-0.15, -0.1) is 11.8 Å². The van der Waals surface area contributed by atoms with Crippen molar-refractivity contribution >= 4 is 45.3 Å². The average Bonchev–Trinajstić information content (AvgIpc) is 3.39. The summed E-state index contributed by atoms with van der Waals surface area (Å²) in [6.07, 6.45) is 1.50. The molecule has 4 aromatic rings. The van der Waals surface area contributed by atoms with Crippen LogP contribution in [0.3, 0.4) is 0 Å². The molecule has 158 valence electrons. The zero-order chi connectivity index (χ0) is 21.7. The fourth-order valence-corrected chi connectivity index (χ4v) is 5.03. The lowest BCUT2D eigenvalue weighted by molar-refractivity contribution is -0.115. The van der Waals surface area contributed by atoms with Crippen molar-refractivity contribution in [1.82, 2.24) is 0 Å². The van der Waals surface area contributed by atoms with Crippen molar-refractivity contribution in [3.05, 3.63) is 64.2 Å². The molecular weight excluding hydrogens is 418 g/mol. The second kappa shape index (κ2) is 7.39. The monoisotopic (exact) mass is 437 g/mol. The standard InChI is InChI=1S/C23H19NO6S/c1-12-4-6-13(7-5-12)24-17(26)11-31-23(24)16-10-15(25)18-19(27-2)14-8-9-29-20(14)22(28-3)21(18)30-16/h4-10,23H,11H2,1-3H3. The predicted octanol–water partition coefficient (Wildman–Crippen LogP) is 4.64. The fourth-order valence-electron chi connectivity index (χ4n) is 3.93. The summed E-state index contributed by atoms with van der Waals surface area (Å²) >= 11 is 1.40. The van der Waals surface area contributed by atoms with Crippen LogP contribution < -0.4 is 19.8 Å². The first-order valence-electron chi connectivity index (χ1n) is 9.62. The third kappa shape index (κ3) is 2.97. The van der Waals surface area contributed by atoms with E-state index in [0.717, 1.165) is 11.3 Å². The van der Waals surface area contributed by atoms with Gasteiger partial charge < -0.3 is 18.3 Å². The van der Waals surface area contributed by atoms with Gasteiger partial charge in [0.15, 0.2) is 16.6 Å². The smallest absolute Gasteiger partial charge is 0.238 e. The van der Waals surface area contributed by atoms with Gasteiger partial charge in [0.1, 0.15) is 22.3 Å². The van der Waals surface area contributed by atoms with Crippen molar-refractivity contribution in [3.63, 3.8) is 0 Å². The molecule has 0 radical (unpaired) electrons. The summed E-state index contributed by atoms with van der Waals surface area (Å²) in [6.45, 7) is 1.99. The van der Waals surface area contributed by atoms with Crippen LogP contribution in [0.25, 0.3) is 21.9 Å². The first-order chi connectivity index (χ1) is 15.0. The van der Waals surface area contributed by atoms with Gasteiger partial charge in [-0.05, 0) is 25.1 Å². The summed E-state index contributed by atoms with van der Waals surface area (Å²) in [7, 11) is 2.98. The fraction of sp³-hybridized carbons (Fsp3) is 0.217. The summed E-state index contributed by atoms with van der Waals surface area (Å²) in [5.74, 6) is 1.28. The lowest BCUT2D eigenvalue weighted by Gasteiger charge is -2.23. The number of fused-ring (bicyclic) bond motifs is 2. The highest BCUT2D eigenvalue weighted by Crippen LogP contribution is 2.46. The Balaban J connectivity index is 1.74. The molecule has 7 nitrogen and oxygen atoms in total. The van der Waals surface area contributed by atoms with Gasteiger partial charge in [-0.25, -0.2) is 0 Å². The number of hydrogen-bond acceptors (Lipinski definition) is 7.